The van der Waals surface area contributed by atoms with Gasteiger partial charge in [-0.25, -0.2) is 9.97 Å². The molecule has 0 radical (unpaired) electrons. The molecule has 4 bridgehead atoms. The van der Waals surface area contributed by atoms with E-state index in [1.165, 1.54) is 57.8 Å². The fourth-order valence-electron chi connectivity index (χ4n) is 8.53. The summed E-state index contributed by atoms with van der Waals surface area (Å²) in [6.45, 7) is 2.83. The number of hydrogen-bond acceptors (Lipinski definition) is 9. The van der Waals surface area contributed by atoms with Gasteiger partial charge in [0.1, 0.15) is 17.5 Å². The molecule has 5 saturated carbocycles. The van der Waals surface area contributed by atoms with Crippen molar-refractivity contribution in [1.82, 2.24) is 20.3 Å². The van der Waals surface area contributed by atoms with E-state index in [1.807, 2.05) is 12.1 Å². The monoisotopic (exact) mass is 545 g/mol. The smallest absolute Gasteiger partial charge is 0.224 e. The van der Waals surface area contributed by atoms with E-state index in [-0.39, 0.29) is 5.41 Å². The van der Waals surface area contributed by atoms with Crippen molar-refractivity contribution in [1.29, 1.82) is 5.26 Å². The van der Waals surface area contributed by atoms with Crippen LogP contribution in [0.15, 0.2) is 24.5 Å². The van der Waals surface area contributed by atoms with Crippen LogP contribution in [-0.2, 0) is 6.54 Å². The Hall–Kier alpha value is -2.96. The Morgan fingerprint density at radius 1 is 1.07 bits per heavy atom. The SMILES string of the molecule is COc1ncccc1CNc1ncc(C#N)c(NC[C@]23CC4C[C@H](C2)[C@@H](NC[C@H]2CC[C@H](CO)CC2)[C@@H](C4)C3)n1. The van der Waals surface area contributed by atoms with Gasteiger partial charge in [0, 0.05) is 37.5 Å². The molecule has 9 nitrogen and oxygen atoms in total. The van der Waals surface area contributed by atoms with Crippen LogP contribution in [-0.4, -0.2) is 52.9 Å². The maximum Gasteiger partial charge on any atom is 0.224 e. The summed E-state index contributed by atoms with van der Waals surface area (Å²) in [5.41, 5.74) is 1.68. The third kappa shape index (κ3) is 5.75. The van der Waals surface area contributed by atoms with Crippen molar-refractivity contribution in [3.63, 3.8) is 0 Å². The van der Waals surface area contributed by atoms with Crippen LogP contribution in [0.5, 0.6) is 5.88 Å². The van der Waals surface area contributed by atoms with Crippen LogP contribution < -0.4 is 20.7 Å². The zero-order valence-corrected chi connectivity index (χ0v) is 23.6. The van der Waals surface area contributed by atoms with Gasteiger partial charge in [0.2, 0.25) is 11.8 Å². The molecule has 0 aliphatic heterocycles. The van der Waals surface area contributed by atoms with Crippen LogP contribution in [0.25, 0.3) is 0 Å². The standard InChI is InChI=1S/C31H43N7O2/c1-40-29-23(3-2-8-33-29)16-35-30-36-17-26(14-32)28(38-30)37-19-31-11-22-9-24(12-31)27(25(10-22)13-31)34-15-20-4-6-21(18-39)7-5-20/h2-3,8,17,20-22,24-25,27,34,39H,4-7,9-13,15-16,18-19H2,1H3,(H2,35,36,37,38)/t20-,21-,22?,24-,25+,27-,31-. The Morgan fingerprint density at radius 3 is 2.58 bits per heavy atom. The zero-order valence-electron chi connectivity index (χ0n) is 23.6. The number of nitriles is 1. The number of pyridine rings is 1. The van der Waals surface area contributed by atoms with Crippen LogP contribution >= 0.6 is 0 Å². The first-order valence-corrected chi connectivity index (χ1v) is 15.1. The van der Waals surface area contributed by atoms with Crippen molar-refractivity contribution in [2.75, 3.05) is 37.4 Å². The first-order chi connectivity index (χ1) is 19.6. The quantitative estimate of drug-likeness (QED) is 0.326. The molecule has 5 aliphatic carbocycles. The molecule has 40 heavy (non-hydrogen) atoms. The summed E-state index contributed by atoms with van der Waals surface area (Å²) < 4.78 is 5.35. The van der Waals surface area contributed by atoms with Gasteiger partial charge in [0.05, 0.1) is 13.3 Å². The van der Waals surface area contributed by atoms with Gasteiger partial charge in [0.15, 0.2) is 0 Å². The molecule has 4 N–H and O–H groups in total. The topological polar surface area (TPSA) is 128 Å². The molecule has 5 atom stereocenters. The fraction of sp³-hybridized carbons (Fsp3) is 0.677. The number of aliphatic hydroxyl groups excluding tert-OH is 1. The lowest BCUT2D eigenvalue weighted by molar-refractivity contribution is -0.0703. The van der Waals surface area contributed by atoms with Gasteiger partial charge in [-0.05, 0) is 105 Å². The number of ether oxygens (including phenoxy) is 1. The Bertz CT molecular complexity index is 1190. The maximum atomic E-state index is 9.74. The van der Waals surface area contributed by atoms with Crippen LogP contribution in [0.1, 0.15) is 68.9 Å². The summed E-state index contributed by atoms with van der Waals surface area (Å²) in [4.78, 5) is 13.3. The number of aromatic nitrogens is 3. The number of nitrogens with zero attached hydrogens (tertiary/aromatic N) is 4. The zero-order chi connectivity index (χ0) is 27.5. The van der Waals surface area contributed by atoms with Crippen molar-refractivity contribution in [3.05, 3.63) is 35.7 Å². The highest BCUT2D eigenvalue weighted by atomic mass is 16.5. The summed E-state index contributed by atoms with van der Waals surface area (Å²) in [5, 5.41) is 30.1. The van der Waals surface area contributed by atoms with Gasteiger partial charge in [0.25, 0.3) is 0 Å². The minimum atomic E-state index is 0.280. The van der Waals surface area contributed by atoms with Crippen LogP contribution in [0.2, 0.25) is 0 Å². The molecular weight excluding hydrogens is 502 g/mol. The second kappa shape index (κ2) is 11.9. The highest BCUT2D eigenvalue weighted by molar-refractivity contribution is 5.53. The average Bonchev–Trinajstić information content (AvgIpc) is 2.99. The van der Waals surface area contributed by atoms with Crippen LogP contribution in [0.4, 0.5) is 11.8 Å². The van der Waals surface area contributed by atoms with Gasteiger partial charge in [-0.2, -0.15) is 10.2 Å². The van der Waals surface area contributed by atoms with Gasteiger partial charge in [-0.15, -0.1) is 0 Å². The van der Waals surface area contributed by atoms with E-state index in [0.29, 0.717) is 48.3 Å². The average molecular weight is 546 g/mol. The third-order valence-corrected chi connectivity index (χ3v) is 10.3. The summed E-state index contributed by atoms with van der Waals surface area (Å²) in [6, 6.07) is 6.75. The third-order valence-electron chi connectivity index (χ3n) is 10.3. The van der Waals surface area contributed by atoms with Gasteiger partial charge < -0.3 is 25.8 Å². The van der Waals surface area contributed by atoms with E-state index in [0.717, 1.165) is 42.3 Å². The molecular formula is C31H43N7O2. The van der Waals surface area contributed by atoms with Crippen molar-refractivity contribution >= 4 is 11.8 Å². The molecule has 0 saturated heterocycles. The van der Waals surface area contributed by atoms with Gasteiger partial charge >= 0.3 is 0 Å². The van der Waals surface area contributed by atoms with E-state index >= 15 is 0 Å². The molecule has 0 spiro atoms. The predicted octanol–water partition coefficient (Wildman–Crippen LogP) is 4.36. The number of rotatable bonds is 11. The predicted molar refractivity (Wildman–Crippen MR) is 154 cm³/mol. The first-order valence-electron chi connectivity index (χ1n) is 15.1. The summed E-state index contributed by atoms with van der Waals surface area (Å²) >= 11 is 0. The normalized spacial score (nSPS) is 32.4. The van der Waals surface area contributed by atoms with Crippen molar-refractivity contribution in [2.24, 2.45) is 35.0 Å². The Balaban J connectivity index is 1.07. The molecule has 0 amide bonds. The molecule has 9 heteroatoms. The highest BCUT2D eigenvalue weighted by Crippen LogP contribution is 2.60. The van der Waals surface area contributed by atoms with Crippen molar-refractivity contribution in [3.8, 4) is 11.9 Å². The molecule has 214 valence electrons. The Labute approximate surface area is 237 Å². The summed E-state index contributed by atoms with van der Waals surface area (Å²) in [5.74, 6) is 5.27. The Morgan fingerprint density at radius 2 is 1.85 bits per heavy atom. The van der Waals surface area contributed by atoms with E-state index in [2.05, 4.69) is 32.0 Å². The summed E-state index contributed by atoms with van der Waals surface area (Å²) in [7, 11) is 1.61. The lowest BCUT2D eigenvalue weighted by atomic mass is 9.48. The van der Waals surface area contributed by atoms with Crippen molar-refractivity contribution in [2.45, 2.75) is 70.4 Å². The molecule has 2 aromatic heterocycles. The first kappa shape index (κ1) is 27.2. The van der Waals surface area contributed by atoms with Crippen LogP contribution in [0.3, 0.4) is 0 Å². The minimum Gasteiger partial charge on any atom is -0.481 e. The molecule has 2 aromatic rings. The van der Waals surface area contributed by atoms with Gasteiger partial charge in [-0.1, -0.05) is 6.07 Å². The molecule has 0 aromatic carbocycles. The van der Waals surface area contributed by atoms with E-state index in [1.54, 1.807) is 19.5 Å². The van der Waals surface area contributed by atoms with Gasteiger partial charge in [-0.3, -0.25) is 0 Å². The molecule has 5 aliphatic rings. The molecule has 2 heterocycles. The lowest BCUT2D eigenvalue weighted by Gasteiger charge is -2.60. The number of aliphatic hydroxyl groups is 1. The number of nitrogens with one attached hydrogen (secondary N) is 3. The maximum absolute atomic E-state index is 9.74. The van der Waals surface area contributed by atoms with E-state index < -0.39 is 0 Å². The second-order valence-electron chi connectivity index (χ2n) is 12.9. The minimum absolute atomic E-state index is 0.280. The lowest BCUT2D eigenvalue weighted by Crippen LogP contribution is -2.60. The molecule has 5 fully saturated rings. The van der Waals surface area contributed by atoms with E-state index in [4.69, 9.17) is 9.72 Å². The van der Waals surface area contributed by atoms with Crippen LogP contribution in [0, 0.1) is 46.3 Å². The molecule has 7 rings (SSSR count). The van der Waals surface area contributed by atoms with Crippen molar-refractivity contribution < 1.29 is 9.84 Å². The Kier molecular flexibility index (Phi) is 8.08. The molecule has 1 unspecified atom stereocenters. The van der Waals surface area contributed by atoms with E-state index in [9.17, 15) is 10.4 Å². The second-order valence-corrected chi connectivity index (χ2v) is 12.9. The summed E-state index contributed by atoms with van der Waals surface area (Å²) in [6.07, 6.45) is 14.7. The largest absolute Gasteiger partial charge is 0.481 e. The number of hydrogen-bond donors (Lipinski definition) is 4. The number of methoxy groups -OCH3 is 1. The highest BCUT2D eigenvalue weighted by Gasteiger charge is 2.55. The fourth-order valence-corrected chi connectivity index (χ4v) is 8.53. The number of anilines is 2.